The molecule has 2 bridgehead atoms. The fraction of sp³-hybridized carbons (Fsp3) is 0.917. The van der Waals surface area contributed by atoms with Crippen LogP contribution in [0.4, 0.5) is 0 Å². The second-order valence-electron chi connectivity index (χ2n) is 5.13. The molecule has 3 fully saturated rings. The molecule has 94 valence electrons. The third kappa shape index (κ3) is 2.74. The first-order valence-electron chi connectivity index (χ1n) is 6.47. The van der Waals surface area contributed by atoms with Crippen LogP contribution in [-0.4, -0.2) is 74.8 Å². The fourth-order valence-corrected chi connectivity index (χ4v) is 2.65. The zero-order chi connectivity index (χ0) is 12.2. The predicted octanol–water partition coefficient (Wildman–Crippen LogP) is 0.0492. The summed E-state index contributed by atoms with van der Waals surface area (Å²) in [6.45, 7) is 12.0. The van der Waals surface area contributed by atoms with Crippen LogP contribution in [0, 0.1) is 0 Å². The molecule has 0 aliphatic carbocycles. The number of nitrogens with one attached hydrogen (secondary N) is 1. The Morgan fingerprint density at radius 3 is 1.88 bits per heavy atom. The zero-order valence-electron chi connectivity index (χ0n) is 11.3. The van der Waals surface area contributed by atoms with Crippen molar-refractivity contribution >= 4 is 5.91 Å². The summed E-state index contributed by atoms with van der Waals surface area (Å²) in [6.07, 6.45) is 0. The van der Waals surface area contributed by atoms with Crippen LogP contribution in [-0.2, 0) is 4.79 Å². The monoisotopic (exact) mass is 229 g/mol. The lowest BCUT2D eigenvalue weighted by molar-refractivity contribution is -1.07. The van der Waals surface area contributed by atoms with Gasteiger partial charge in [0.2, 0.25) is 0 Å². The maximum Gasteiger partial charge on any atom is 0.275 e. The molecule has 4 heteroatoms. The number of nitrogens with zero attached hydrogens (tertiary/aromatic N) is 2. The molecule has 0 radical (unpaired) electrons. The van der Waals surface area contributed by atoms with Gasteiger partial charge in [-0.25, -0.2) is 0 Å². The molecule has 0 aromatic heterocycles. The van der Waals surface area contributed by atoms with Gasteiger partial charge >= 0.3 is 0 Å². The van der Waals surface area contributed by atoms with Crippen molar-refractivity contribution in [2.24, 2.45) is 0 Å². The minimum atomic E-state index is 0.197. The number of quaternary nitrogens is 2. The summed E-state index contributed by atoms with van der Waals surface area (Å²) in [6, 6.07) is 0. The number of carbonyl (C=O) groups excluding carboxylic acids is 1. The van der Waals surface area contributed by atoms with E-state index in [0.29, 0.717) is 6.54 Å². The van der Waals surface area contributed by atoms with E-state index in [1.165, 1.54) is 43.8 Å². The van der Waals surface area contributed by atoms with Gasteiger partial charge in [0.1, 0.15) is 39.3 Å². The van der Waals surface area contributed by atoms with E-state index in [4.69, 9.17) is 0 Å². The van der Waals surface area contributed by atoms with Gasteiger partial charge in [0, 0.05) is 7.05 Å². The van der Waals surface area contributed by atoms with E-state index in [1.54, 1.807) is 7.05 Å². The van der Waals surface area contributed by atoms with Gasteiger partial charge in [0.25, 0.3) is 5.91 Å². The molecular formula is C12H27N3O+2. The number of hydrogen-bond acceptors (Lipinski definition) is 1. The molecule has 0 atom stereocenters. The smallest absolute Gasteiger partial charge is 0.275 e. The highest BCUT2D eigenvalue weighted by molar-refractivity contribution is 5.76. The Labute approximate surface area is 99.4 Å². The average Bonchev–Trinajstić information content (AvgIpc) is 2.34. The molecule has 3 heterocycles. The summed E-state index contributed by atoms with van der Waals surface area (Å²) >= 11 is 0. The van der Waals surface area contributed by atoms with E-state index in [1.807, 2.05) is 13.8 Å². The number of hydrogen-bond donors (Lipinski definition) is 1. The van der Waals surface area contributed by atoms with E-state index in [9.17, 15) is 4.79 Å². The van der Waals surface area contributed by atoms with Crippen LogP contribution < -0.4 is 5.32 Å². The topological polar surface area (TPSA) is 29.1 Å². The van der Waals surface area contributed by atoms with Gasteiger partial charge in [-0.3, -0.25) is 4.79 Å². The van der Waals surface area contributed by atoms with Gasteiger partial charge in [-0.2, -0.15) is 0 Å². The minimum absolute atomic E-state index is 0.197. The fourth-order valence-electron chi connectivity index (χ4n) is 2.65. The molecule has 3 saturated heterocycles. The van der Waals surface area contributed by atoms with Crippen LogP contribution >= 0.6 is 0 Å². The lowest BCUT2D eigenvalue weighted by Crippen LogP contribution is -2.74. The van der Waals surface area contributed by atoms with E-state index in [0.717, 1.165) is 4.48 Å². The molecule has 16 heavy (non-hydrogen) atoms. The SMILES string of the molecule is CC.CNC(=O)C[N+]12CC[N+](C)(CC1)CC2. The summed E-state index contributed by atoms with van der Waals surface area (Å²) in [5, 5.41) is 2.74. The molecule has 0 saturated carbocycles. The van der Waals surface area contributed by atoms with Crippen molar-refractivity contribution in [1.29, 1.82) is 0 Å². The van der Waals surface area contributed by atoms with Crippen LogP contribution in [0.5, 0.6) is 0 Å². The summed E-state index contributed by atoms with van der Waals surface area (Å²) in [5.41, 5.74) is 0. The summed E-state index contributed by atoms with van der Waals surface area (Å²) < 4.78 is 2.27. The van der Waals surface area contributed by atoms with E-state index < -0.39 is 0 Å². The minimum Gasteiger partial charge on any atom is -0.354 e. The van der Waals surface area contributed by atoms with Crippen LogP contribution in [0.3, 0.4) is 0 Å². The molecule has 4 nitrogen and oxygen atoms in total. The molecule has 0 aromatic rings. The lowest BCUT2D eigenvalue weighted by Gasteiger charge is -2.53. The molecule has 3 rings (SSSR count). The highest BCUT2D eigenvalue weighted by Crippen LogP contribution is 2.23. The molecule has 1 N–H and O–H groups in total. The highest BCUT2D eigenvalue weighted by atomic mass is 16.2. The molecule has 3 aliphatic heterocycles. The third-order valence-electron chi connectivity index (χ3n) is 4.10. The largest absolute Gasteiger partial charge is 0.354 e. The van der Waals surface area contributed by atoms with E-state index in [2.05, 4.69) is 12.4 Å². The number of piperazine rings is 3. The Morgan fingerprint density at radius 2 is 1.50 bits per heavy atom. The summed E-state index contributed by atoms with van der Waals surface area (Å²) in [4.78, 5) is 11.4. The maximum absolute atomic E-state index is 11.4. The van der Waals surface area contributed by atoms with Crippen molar-refractivity contribution in [3.63, 3.8) is 0 Å². The van der Waals surface area contributed by atoms with Crippen LogP contribution in [0.2, 0.25) is 0 Å². The number of likely N-dealkylation sites (N-methyl/N-ethyl adjacent to an activating group) is 2. The average molecular weight is 229 g/mol. The number of amides is 1. The number of carbonyl (C=O) groups is 1. The third-order valence-corrected chi connectivity index (χ3v) is 4.10. The van der Waals surface area contributed by atoms with Crippen molar-refractivity contribution in [2.75, 3.05) is 59.9 Å². The molecule has 3 aliphatic rings. The van der Waals surface area contributed by atoms with Crippen molar-refractivity contribution in [1.82, 2.24) is 5.32 Å². The summed E-state index contributed by atoms with van der Waals surface area (Å²) in [7, 11) is 4.07. The van der Waals surface area contributed by atoms with Crippen molar-refractivity contribution in [3.8, 4) is 0 Å². The van der Waals surface area contributed by atoms with E-state index >= 15 is 0 Å². The first kappa shape index (κ1) is 13.5. The van der Waals surface area contributed by atoms with Crippen LogP contribution in [0.15, 0.2) is 0 Å². The van der Waals surface area contributed by atoms with Gasteiger partial charge in [-0.1, -0.05) is 13.8 Å². The Balaban J connectivity index is 0.000000606. The predicted molar refractivity (Wildman–Crippen MR) is 65.9 cm³/mol. The highest BCUT2D eigenvalue weighted by Gasteiger charge is 2.47. The standard InChI is InChI=1S/C10H20N3O.C2H6/c1-11-10(14)9-13-6-3-12(2,4-7-13)5-8-13;1-2/h3-9H2,1-2H3;1-2H3/q+1;/p+1. The van der Waals surface area contributed by atoms with Gasteiger partial charge in [0.15, 0.2) is 6.54 Å². The van der Waals surface area contributed by atoms with Crippen LogP contribution in [0.1, 0.15) is 13.8 Å². The quantitative estimate of drug-likeness (QED) is 0.666. The normalized spacial score (nSPS) is 36.2. The van der Waals surface area contributed by atoms with E-state index in [-0.39, 0.29) is 5.91 Å². The second-order valence-corrected chi connectivity index (χ2v) is 5.13. The van der Waals surface area contributed by atoms with Crippen LogP contribution in [0.25, 0.3) is 0 Å². The first-order chi connectivity index (χ1) is 7.58. The molecular weight excluding hydrogens is 202 g/mol. The number of fused-ring (bicyclic) bond motifs is 3. The zero-order valence-corrected chi connectivity index (χ0v) is 11.3. The molecule has 0 unspecified atom stereocenters. The molecule has 1 amide bonds. The number of rotatable bonds is 2. The van der Waals surface area contributed by atoms with Gasteiger partial charge < -0.3 is 14.3 Å². The lowest BCUT2D eigenvalue weighted by atomic mass is 10.1. The molecule has 0 aromatic carbocycles. The second kappa shape index (κ2) is 5.15. The summed E-state index contributed by atoms with van der Waals surface area (Å²) in [5.74, 6) is 0.197. The van der Waals surface area contributed by atoms with Crippen molar-refractivity contribution in [3.05, 3.63) is 0 Å². The molecule has 0 spiro atoms. The van der Waals surface area contributed by atoms with Crippen molar-refractivity contribution < 1.29 is 13.8 Å². The Hall–Kier alpha value is -0.610. The van der Waals surface area contributed by atoms with Gasteiger partial charge in [-0.05, 0) is 0 Å². The Morgan fingerprint density at radius 1 is 1.06 bits per heavy atom. The Kier molecular flexibility index (Phi) is 4.33. The Bertz CT molecular complexity index is 228. The van der Waals surface area contributed by atoms with Gasteiger partial charge in [0.05, 0.1) is 7.05 Å². The first-order valence-corrected chi connectivity index (χ1v) is 6.47. The maximum atomic E-state index is 11.4. The van der Waals surface area contributed by atoms with Crippen molar-refractivity contribution in [2.45, 2.75) is 13.8 Å². The van der Waals surface area contributed by atoms with Gasteiger partial charge in [-0.15, -0.1) is 0 Å².